The third-order valence-electron chi connectivity index (χ3n) is 6.28. The maximum Gasteiger partial charge on any atom is 0.138 e. The van der Waals surface area contributed by atoms with E-state index in [1.807, 2.05) is 30.5 Å². The molecule has 0 unspecified atom stereocenters. The number of hydrogen-bond acceptors (Lipinski definition) is 6. The van der Waals surface area contributed by atoms with E-state index in [0.29, 0.717) is 10.8 Å². The summed E-state index contributed by atoms with van der Waals surface area (Å²) in [6.07, 6.45) is 7.36. The Morgan fingerprint density at radius 1 is 1.06 bits per heavy atom. The second-order valence-corrected chi connectivity index (χ2v) is 10.4. The third-order valence-corrected chi connectivity index (χ3v) is 6.56. The van der Waals surface area contributed by atoms with Crippen LogP contribution in [0.4, 0.5) is 5.82 Å². The van der Waals surface area contributed by atoms with E-state index in [1.54, 1.807) is 30.8 Å². The number of ether oxygens (including phenoxy) is 2. The zero-order valence-electron chi connectivity index (χ0n) is 20.8. The van der Waals surface area contributed by atoms with Crippen LogP contribution in [0.3, 0.4) is 0 Å². The van der Waals surface area contributed by atoms with Gasteiger partial charge in [0.25, 0.3) is 0 Å². The Morgan fingerprint density at radius 2 is 1.81 bits per heavy atom. The molecule has 4 heterocycles. The highest BCUT2D eigenvalue weighted by Gasteiger charge is 2.22. The van der Waals surface area contributed by atoms with Crippen molar-refractivity contribution in [1.29, 1.82) is 0 Å². The molecule has 7 nitrogen and oxygen atoms in total. The summed E-state index contributed by atoms with van der Waals surface area (Å²) >= 11 is 6.46. The second kappa shape index (κ2) is 9.99. The zero-order valence-corrected chi connectivity index (χ0v) is 21.6. The van der Waals surface area contributed by atoms with Crippen LogP contribution in [0.5, 0.6) is 11.5 Å². The van der Waals surface area contributed by atoms with Gasteiger partial charge in [0.05, 0.1) is 28.5 Å². The van der Waals surface area contributed by atoms with Crippen LogP contribution in [0, 0.1) is 6.92 Å². The predicted octanol–water partition coefficient (Wildman–Crippen LogP) is 5.56. The van der Waals surface area contributed by atoms with Gasteiger partial charge in [0.2, 0.25) is 0 Å². The normalized spacial score (nSPS) is 14.9. The zero-order chi connectivity index (χ0) is 25.3. The van der Waals surface area contributed by atoms with Crippen LogP contribution in [0.15, 0.2) is 61.1 Å². The topological polar surface area (TPSA) is 72.1 Å². The Morgan fingerprint density at radius 3 is 2.47 bits per heavy atom. The van der Waals surface area contributed by atoms with Crippen molar-refractivity contribution in [2.75, 3.05) is 24.6 Å². The molecular formula is C28H31ClN4O3. The van der Waals surface area contributed by atoms with Crippen LogP contribution in [-0.2, 0) is 0 Å². The number of rotatable bonds is 7. The van der Waals surface area contributed by atoms with Gasteiger partial charge in [-0.3, -0.25) is 0 Å². The van der Waals surface area contributed by atoms with E-state index in [2.05, 4.69) is 35.1 Å². The first-order chi connectivity index (χ1) is 17.2. The number of piperidine rings is 1. The number of aryl methyl sites for hydroxylation is 1. The van der Waals surface area contributed by atoms with Crippen LogP contribution in [0.1, 0.15) is 32.3 Å². The molecule has 1 aromatic carbocycles. The van der Waals surface area contributed by atoms with Crippen molar-refractivity contribution in [1.82, 2.24) is 14.6 Å². The molecule has 8 heteroatoms. The van der Waals surface area contributed by atoms with Gasteiger partial charge in [-0.1, -0.05) is 29.3 Å². The van der Waals surface area contributed by atoms with Crippen LogP contribution in [-0.4, -0.2) is 51.1 Å². The van der Waals surface area contributed by atoms with Gasteiger partial charge in [0.15, 0.2) is 0 Å². The molecule has 0 amide bonds. The Balaban J connectivity index is 1.30. The molecule has 1 aliphatic heterocycles. The fourth-order valence-electron chi connectivity index (χ4n) is 4.36. The van der Waals surface area contributed by atoms with Gasteiger partial charge in [-0.15, -0.1) is 0 Å². The van der Waals surface area contributed by atoms with Crippen molar-refractivity contribution in [3.63, 3.8) is 0 Å². The molecule has 1 aliphatic rings. The first-order valence-electron chi connectivity index (χ1n) is 12.2. The third kappa shape index (κ3) is 5.58. The number of aliphatic hydroxyl groups is 1. The lowest BCUT2D eigenvalue weighted by Crippen LogP contribution is -2.38. The highest BCUT2D eigenvalue weighted by Crippen LogP contribution is 2.34. The first-order valence-corrected chi connectivity index (χ1v) is 12.6. The van der Waals surface area contributed by atoms with Gasteiger partial charge >= 0.3 is 0 Å². The number of pyridine rings is 2. The number of aromatic nitrogens is 3. The highest BCUT2D eigenvalue weighted by molar-refractivity contribution is 6.34. The molecule has 0 atom stereocenters. The predicted molar refractivity (Wildman–Crippen MR) is 142 cm³/mol. The summed E-state index contributed by atoms with van der Waals surface area (Å²) in [7, 11) is 0. The number of nitrogens with zero attached hydrogens (tertiary/aromatic N) is 4. The van der Waals surface area contributed by atoms with Gasteiger partial charge in [-0.2, -0.15) is 5.10 Å². The molecule has 1 fully saturated rings. The minimum absolute atomic E-state index is 0.160. The molecule has 1 N–H and O–H groups in total. The molecule has 0 spiro atoms. The summed E-state index contributed by atoms with van der Waals surface area (Å²) in [6.45, 7) is 7.43. The Bertz CT molecular complexity index is 1320. The summed E-state index contributed by atoms with van der Waals surface area (Å²) in [6, 6.07) is 14.2. The van der Waals surface area contributed by atoms with Gasteiger partial charge in [-0.05, 0) is 51.1 Å². The number of benzene rings is 1. The van der Waals surface area contributed by atoms with Crippen molar-refractivity contribution in [2.45, 2.75) is 45.3 Å². The van der Waals surface area contributed by atoms with Crippen molar-refractivity contribution < 1.29 is 14.6 Å². The van der Waals surface area contributed by atoms with Crippen molar-refractivity contribution >= 4 is 22.9 Å². The Kier molecular flexibility index (Phi) is 6.77. The van der Waals surface area contributed by atoms with Crippen LogP contribution >= 0.6 is 11.6 Å². The lowest BCUT2D eigenvalue weighted by molar-refractivity contribution is 0.0283. The smallest absolute Gasteiger partial charge is 0.138 e. The van der Waals surface area contributed by atoms with E-state index in [-0.39, 0.29) is 12.7 Å². The quantitative estimate of drug-likeness (QED) is 0.354. The minimum atomic E-state index is -0.946. The molecule has 4 aromatic rings. The molecule has 0 bridgehead atoms. The monoisotopic (exact) mass is 506 g/mol. The van der Waals surface area contributed by atoms with Gasteiger partial charge < -0.3 is 19.5 Å². The minimum Gasteiger partial charge on any atom is -0.490 e. The van der Waals surface area contributed by atoms with E-state index in [4.69, 9.17) is 26.1 Å². The molecule has 188 valence electrons. The SMILES string of the molecule is Cc1ccc(OC2CCN(c3ccc(-c4cc(OCC(C)(C)O)cn5ncc(Cl)c45)cn3)CC2)cc1. The van der Waals surface area contributed by atoms with E-state index in [9.17, 15) is 5.11 Å². The van der Waals surface area contributed by atoms with Crippen molar-refractivity contribution in [2.24, 2.45) is 0 Å². The second-order valence-electron chi connectivity index (χ2n) is 10.00. The molecule has 3 aromatic heterocycles. The van der Waals surface area contributed by atoms with Crippen LogP contribution < -0.4 is 14.4 Å². The largest absolute Gasteiger partial charge is 0.490 e. The molecule has 0 saturated carbocycles. The molecule has 5 rings (SSSR count). The Hall–Kier alpha value is -3.29. The first kappa shape index (κ1) is 24.4. The standard InChI is InChI=1S/C28H31ClN4O3/c1-19-4-7-21(8-5-19)36-22-10-12-32(13-11-22)26-9-6-20(15-30-26)24-14-23(35-18-28(2,3)34)17-33-27(24)25(29)16-31-33/h4-9,14-17,22,34H,10-13,18H2,1-3H3. The average Bonchev–Trinajstić information content (AvgIpc) is 3.24. The lowest BCUT2D eigenvalue weighted by atomic mass is 10.1. The van der Waals surface area contributed by atoms with E-state index >= 15 is 0 Å². The highest BCUT2D eigenvalue weighted by atomic mass is 35.5. The Labute approximate surface area is 216 Å². The van der Waals surface area contributed by atoms with Crippen LogP contribution in [0.25, 0.3) is 16.6 Å². The van der Waals surface area contributed by atoms with Crippen molar-refractivity contribution in [3.8, 4) is 22.6 Å². The van der Waals surface area contributed by atoms with E-state index < -0.39 is 5.60 Å². The number of anilines is 1. The van der Waals surface area contributed by atoms with Crippen molar-refractivity contribution in [3.05, 3.63) is 71.6 Å². The molecule has 1 saturated heterocycles. The number of halogens is 1. The summed E-state index contributed by atoms with van der Waals surface area (Å²) in [5.41, 5.74) is 2.86. The molecule has 0 aliphatic carbocycles. The molecular weight excluding hydrogens is 476 g/mol. The average molecular weight is 507 g/mol. The van der Waals surface area contributed by atoms with E-state index in [0.717, 1.165) is 54.1 Å². The van der Waals surface area contributed by atoms with E-state index in [1.165, 1.54) is 5.56 Å². The summed E-state index contributed by atoms with van der Waals surface area (Å²) in [4.78, 5) is 7.06. The molecule has 36 heavy (non-hydrogen) atoms. The fourth-order valence-corrected chi connectivity index (χ4v) is 4.59. The number of fused-ring (bicyclic) bond motifs is 1. The van der Waals surface area contributed by atoms with Gasteiger partial charge in [-0.25, -0.2) is 9.50 Å². The number of hydrogen-bond donors (Lipinski definition) is 1. The summed E-state index contributed by atoms with van der Waals surface area (Å²) in [5.74, 6) is 2.47. The summed E-state index contributed by atoms with van der Waals surface area (Å²) < 4.78 is 13.7. The lowest BCUT2D eigenvalue weighted by Gasteiger charge is -2.33. The van der Waals surface area contributed by atoms with Gasteiger partial charge in [0, 0.05) is 43.3 Å². The maximum absolute atomic E-state index is 10.0. The van der Waals surface area contributed by atoms with Gasteiger partial charge in [0.1, 0.15) is 30.0 Å². The maximum atomic E-state index is 10.0. The fraction of sp³-hybridized carbons (Fsp3) is 0.357. The summed E-state index contributed by atoms with van der Waals surface area (Å²) in [5, 5.41) is 14.9. The van der Waals surface area contributed by atoms with Crippen LogP contribution in [0.2, 0.25) is 5.02 Å². The molecule has 0 radical (unpaired) electrons.